The highest BCUT2D eigenvalue weighted by Crippen LogP contribution is 2.42. The second kappa shape index (κ2) is 9.62. The molecule has 0 bridgehead atoms. The zero-order chi connectivity index (χ0) is 25.3. The maximum Gasteiger partial charge on any atom is 0.303 e. The molecule has 13 heteroatoms. The number of fused-ring (bicyclic) bond motifs is 1. The number of carbonyl (C=O) groups is 1. The third-order valence-electron chi connectivity index (χ3n) is 6.20. The number of aliphatic hydroxyl groups is 3. The van der Waals surface area contributed by atoms with Gasteiger partial charge < -0.3 is 40.7 Å². The number of nitrogens with zero attached hydrogens (tertiary/aromatic N) is 4. The Morgan fingerprint density at radius 1 is 1.31 bits per heavy atom. The maximum atomic E-state index is 11.3. The molecule has 1 fully saturated rings. The summed E-state index contributed by atoms with van der Waals surface area (Å²) >= 11 is 0. The van der Waals surface area contributed by atoms with Crippen LogP contribution < -0.4 is 10.5 Å². The topological polar surface area (TPSA) is 206 Å². The van der Waals surface area contributed by atoms with Crippen LogP contribution in [0, 0.1) is 0 Å². The van der Waals surface area contributed by atoms with E-state index in [9.17, 15) is 25.2 Å². The highest BCUT2D eigenvalue weighted by molar-refractivity contribution is 5.81. The molecular weight excluding hydrogens is 462 g/mol. The van der Waals surface area contributed by atoms with Crippen LogP contribution in [0.25, 0.3) is 11.2 Å². The zero-order valence-electron chi connectivity index (χ0n) is 18.9. The van der Waals surface area contributed by atoms with E-state index in [1.165, 1.54) is 30.4 Å². The fourth-order valence-corrected chi connectivity index (χ4v) is 4.44. The number of phenols is 1. The Labute approximate surface area is 199 Å². The van der Waals surface area contributed by atoms with Gasteiger partial charge in [-0.2, -0.15) is 0 Å². The van der Waals surface area contributed by atoms with E-state index in [1.54, 1.807) is 12.1 Å². The molecule has 188 valence electrons. The minimum absolute atomic E-state index is 0.0314. The summed E-state index contributed by atoms with van der Waals surface area (Å²) in [5.74, 6) is -0.798. The van der Waals surface area contributed by atoms with Crippen LogP contribution >= 0.6 is 0 Å². The Kier molecular flexibility index (Phi) is 6.76. The van der Waals surface area contributed by atoms with Crippen molar-refractivity contribution in [1.29, 1.82) is 0 Å². The summed E-state index contributed by atoms with van der Waals surface area (Å²) in [6.07, 6.45) is -3.03. The van der Waals surface area contributed by atoms with Gasteiger partial charge in [-0.25, -0.2) is 15.0 Å². The van der Waals surface area contributed by atoms with Crippen LogP contribution in [0.1, 0.15) is 24.8 Å². The Balaban J connectivity index is 1.77. The Bertz CT molecular complexity index is 1220. The van der Waals surface area contributed by atoms with Gasteiger partial charge in [0.05, 0.1) is 19.5 Å². The lowest BCUT2D eigenvalue weighted by molar-refractivity contribution is -0.159. The van der Waals surface area contributed by atoms with E-state index < -0.39 is 36.1 Å². The molecule has 5 atom stereocenters. The maximum absolute atomic E-state index is 11.3. The van der Waals surface area contributed by atoms with Crippen molar-refractivity contribution in [2.75, 3.05) is 12.8 Å². The Hall–Kier alpha value is -3.52. The van der Waals surface area contributed by atoms with Gasteiger partial charge in [0.25, 0.3) is 0 Å². The lowest BCUT2D eigenvalue weighted by atomic mass is 9.93. The SMILES string of the molecule is COc1cc(C[C@@]2(n3cnc4c(N)ncnc43)O[C@H](C(O)CCCC(=O)O)[C@@H](O)[C@H]2O)ccc1O. The van der Waals surface area contributed by atoms with Crippen LogP contribution in [0.2, 0.25) is 0 Å². The molecule has 0 aliphatic carbocycles. The van der Waals surface area contributed by atoms with E-state index in [4.69, 9.17) is 20.3 Å². The van der Waals surface area contributed by atoms with Gasteiger partial charge in [-0.1, -0.05) is 6.07 Å². The van der Waals surface area contributed by atoms with E-state index in [2.05, 4.69) is 15.0 Å². The summed E-state index contributed by atoms with van der Waals surface area (Å²) in [4.78, 5) is 23.2. The number of anilines is 1. The van der Waals surface area contributed by atoms with Gasteiger partial charge in [0, 0.05) is 12.8 Å². The molecule has 0 saturated carbocycles. The van der Waals surface area contributed by atoms with Gasteiger partial charge in [0.2, 0.25) is 0 Å². The highest BCUT2D eigenvalue weighted by atomic mass is 16.6. The third kappa shape index (κ3) is 4.46. The van der Waals surface area contributed by atoms with E-state index >= 15 is 0 Å². The van der Waals surface area contributed by atoms with Crippen LogP contribution in [-0.4, -0.2) is 82.5 Å². The lowest BCUT2D eigenvalue weighted by Crippen LogP contribution is -2.47. The smallest absolute Gasteiger partial charge is 0.303 e. The first-order valence-electron chi connectivity index (χ1n) is 10.9. The van der Waals surface area contributed by atoms with Crippen molar-refractivity contribution in [3.05, 3.63) is 36.4 Å². The van der Waals surface area contributed by atoms with Crippen molar-refractivity contribution in [1.82, 2.24) is 19.5 Å². The monoisotopic (exact) mass is 489 g/mol. The number of aliphatic carboxylic acids is 1. The van der Waals surface area contributed by atoms with Crippen LogP contribution in [-0.2, 0) is 21.7 Å². The Morgan fingerprint density at radius 2 is 2.09 bits per heavy atom. The van der Waals surface area contributed by atoms with Crippen molar-refractivity contribution < 1.29 is 39.8 Å². The first-order chi connectivity index (χ1) is 16.7. The van der Waals surface area contributed by atoms with E-state index in [1.807, 2.05) is 0 Å². The van der Waals surface area contributed by atoms with E-state index in [0.717, 1.165) is 0 Å². The molecule has 7 N–H and O–H groups in total. The average molecular weight is 489 g/mol. The molecule has 0 radical (unpaired) electrons. The number of aliphatic hydroxyl groups excluding tert-OH is 3. The van der Waals surface area contributed by atoms with Gasteiger partial charge in [0.15, 0.2) is 28.7 Å². The van der Waals surface area contributed by atoms with Gasteiger partial charge in [-0.3, -0.25) is 9.36 Å². The van der Waals surface area contributed by atoms with Crippen molar-refractivity contribution in [3.63, 3.8) is 0 Å². The highest BCUT2D eigenvalue weighted by Gasteiger charge is 2.57. The zero-order valence-corrected chi connectivity index (χ0v) is 18.9. The Morgan fingerprint density at radius 3 is 2.80 bits per heavy atom. The van der Waals surface area contributed by atoms with Crippen LogP contribution in [0.3, 0.4) is 0 Å². The van der Waals surface area contributed by atoms with Crippen LogP contribution in [0.15, 0.2) is 30.9 Å². The second-order valence-electron chi connectivity index (χ2n) is 8.44. The second-order valence-corrected chi connectivity index (χ2v) is 8.44. The molecule has 1 aliphatic heterocycles. The number of carboxylic acids is 1. The number of hydrogen-bond donors (Lipinski definition) is 6. The predicted octanol–water partition coefficient (Wildman–Crippen LogP) is -0.245. The molecule has 1 aliphatic rings. The molecule has 3 heterocycles. The summed E-state index contributed by atoms with van der Waals surface area (Å²) in [5.41, 5.74) is 5.28. The summed E-state index contributed by atoms with van der Waals surface area (Å²) in [6, 6.07) is 4.57. The lowest BCUT2D eigenvalue weighted by Gasteiger charge is -2.34. The van der Waals surface area contributed by atoms with Crippen molar-refractivity contribution in [2.24, 2.45) is 0 Å². The molecule has 3 aromatic rings. The van der Waals surface area contributed by atoms with Gasteiger partial charge in [-0.15, -0.1) is 0 Å². The molecule has 1 unspecified atom stereocenters. The summed E-state index contributed by atoms with van der Waals surface area (Å²) in [5, 5.41) is 51.8. The van der Waals surface area contributed by atoms with Gasteiger partial charge in [0.1, 0.15) is 30.2 Å². The molecule has 0 spiro atoms. The van der Waals surface area contributed by atoms with Gasteiger partial charge in [-0.05, 0) is 30.5 Å². The van der Waals surface area contributed by atoms with E-state index in [-0.39, 0.29) is 54.2 Å². The van der Waals surface area contributed by atoms with E-state index in [0.29, 0.717) is 5.56 Å². The number of ether oxygens (including phenoxy) is 2. The summed E-state index contributed by atoms with van der Waals surface area (Å²) < 4.78 is 12.8. The van der Waals surface area contributed by atoms with Crippen LogP contribution in [0.5, 0.6) is 11.5 Å². The third-order valence-corrected chi connectivity index (χ3v) is 6.20. The number of nitrogen functional groups attached to an aromatic ring is 1. The number of imidazole rings is 1. The molecule has 35 heavy (non-hydrogen) atoms. The fraction of sp³-hybridized carbons (Fsp3) is 0.455. The van der Waals surface area contributed by atoms with Crippen molar-refractivity contribution in [2.45, 2.75) is 55.8 Å². The number of benzene rings is 1. The number of aromatic hydroxyl groups is 1. The largest absolute Gasteiger partial charge is 0.504 e. The molecule has 1 saturated heterocycles. The number of carboxylic acid groups (broad SMARTS) is 1. The normalized spacial score (nSPS) is 25.1. The average Bonchev–Trinajstić information content (AvgIpc) is 3.37. The van der Waals surface area contributed by atoms with Crippen molar-refractivity contribution in [3.8, 4) is 11.5 Å². The van der Waals surface area contributed by atoms with Gasteiger partial charge >= 0.3 is 5.97 Å². The first kappa shape index (κ1) is 24.6. The minimum Gasteiger partial charge on any atom is -0.504 e. The van der Waals surface area contributed by atoms with Crippen molar-refractivity contribution >= 4 is 23.0 Å². The number of phenolic OH excluding ortho intramolecular Hbond substituents is 1. The summed E-state index contributed by atoms with van der Waals surface area (Å²) in [6.45, 7) is 0. The number of aromatic nitrogens is 4. The molecule has 4 rings (SSSR count). The number of hydrogen-bond acceptors (Lipinski definition) is 11. The van der Waals surface area contributed by atoms with Crippen LogP contribution in [0.4, 0.5) is 5.82 Å². The number of methoxy groups -OCH3 is 1. The first-order valence-corrected chi connectivity index (χ1v) is 10.9. The minimum atomic E-state index is -1.70. The quantitative estimate of drug-likeness (QED) is 0.230. The number of nitrogens with two attached hydrogens (primary N) is 1. The standard InChI is InChI=1S/C22H27N5O8/c1-34-14-7-11(5-6-12(14)28)8-22(27-10-26-16-20(23)24-9-25-21(16)27)19(33)17(32)18(35-22)13(29)3-2-4-15(30)31/h5-7,9-10,13,17-19,28-29,32-33H,2-4,8H2,1H3,(H,30,31)(H2,23,24,25)/t13?,17-,18-,19-,22-/m1/s1. The molecule has 2 aromatic heterocycles. The predicted molar refractivity (Wildman–Crippen MR) is 120 cm³/mol. The molecule has 13 nitrogen and oxygen atoms in total. The molecule has 1 aromatic carbocycles. The fourth-order valence-electron chi connectivity index (χ4n) is 4.44. The number of rotatable bonds is 9. The molecule has 0 amide bonds. The summed E-state index contributed by atoms with van der Waals surface area (Å²) in [7, 11) is 1.39. The molecular formula is C22H27N5O8.